The molecule has 1 N–H and O–H groups in total. The molecule has 1 aromatic carbocycles. The summed E-state index contributed by atoms with van der Waals surface area (Å²) in [7, 11) is 0. The molecule has 1 saturated carbocycles. The summed E-state index contributed by atoms with van der Waals surface area (Å²) >= 11 is 6.04. The molecule has 2 fully saturated rings. The Hall–Kier alpha value is -0.570. The van der Waals surface area contributed by atoms with Crippen LogP contribution in [0.1, 0.15) is 31.2 Å². The Bertz CT molecular complexity index is 403. The van der Waals surface area contributed by atoms with E-state index >= 15 is 0 Å². The van der Waals surface area contributed by atoms with E-state index in [4.69, 9.17) is 11.6 Å². The van der Waals surface area contributed by atoms with Crippen molar-refractivity contribution in [3.05, 3.63) is 34.9 Å². The van der Waals surface area contributed by atoms with Crippen LogP contribution < -0.4 is 5.32 Å². The lowest BCUT2D eigenvalue weighted by Crippen LogP contribution is -2.46. The minimum atomic E-state index is 0.699. The van der Waals surface area contributed by atoms with Crippen molar-refractivity contribution >= 4 is 11.6 Å². The van der Waals surface area contributed by atoms with Gasteiger partial charge in [-0.3, -0.25) is 4.90 Å². The van der Waals surface area contributed by atoms with Gasteiger partial charge < -0.3 is 5.32 Å². The smallest absolute Gasteiger partial charge is 0.0409 e. The first kappa shape index (κ1) is 12.5. The van der Waals surface area contributed by atoms with Crippen LogP contribution in [0.5, 0.6) is 0 Å². The number of hydrogen-bond acceptors (Lipinski definition) is 2. The van der Waals surface area contributed by atoms with E-state index in [0.717, 1.165) is 17.6 Å². The predicted octanol–water partition coefficient (Wildman–Crippen LogP) is 3.06. The topological polar surface area (TPSA) is 15.3 Å². The fraction of sp³-hybridized carbons (Fsp3) is 0.600. The maximum atomic E-state index is 6.04. The normalized spacial score (nSPS) is 25.3. The van der Waals surface area contributed by atoms with Gasteiger partial charge in [0.1, 0.15) is 0 Å². The largest absolute Gasteiger partial charge is 0.310 e. The average molecular weight is 265 g/mol. The highest BCUT2D eigenvalue weighted by Gasteiger charge is 2.27. The zero-order valence-corrected chi connectivity index (χ0v) is 11.5. The van der Waals surface area contributed by atoms with E-state index in [1.807, 2.05) is 12.1 Å². The van der Waals surface area contributed by atoms with E-state index in [2.05, 4.69) is 22.3 Å². The fourth-order valence-corrected chi connectivity index (χ4v) is 3.02. The second kappa shape index (κ2) is 5.60. The maximum Gasteiger partial charge on any atom is 0.0409 e. The van der Waals surface area contributed by atoms with Crippen molar-refractivity contribution in [1.82, 2.24) is 10.2 Å². The van der Waals surface area contributed by atoms with E-state index in [9.17, 15) is 0 Å². The first-order chi connectivity index (χ1) is 8.79. The Labute approximate surface area is 114 Å². The predicted molar refractivity (Wildman–Crippen MR) is 75.9 cm³/mol. The van der Waals surface area contributed by atoms with Crippen LogP contribution in [0, 0.1) is 0 Å². The van der Waals surface area contributed by atoms with Crippen LogP contribution in [-0.2, 0) is 6.54 Å². The number of halogens is 1. The van der Waals surface area contributed by atoms with Gasteiger partial charge in [0, 0.05) is 30.2 Å². The summed E-state index contributed by atoms with van der Waals surface area (Å²) in [5, 5.41) is 4.60. The molecule has 0 amide bonds. The molecule has 98 valence electrons. The third kappa shape index (κ3) is 3.47. The quantitative estimate of drug-likeness (QED) is 0.899. The van der Waals surface area contributed by atoms with E-state index in [1.165, 1.54) is 44.3 Å². The Morgan fingerprint density at radius 3 is 2.89 bits per heavy atom. The second-order valence-corrected chi connectivity index (χ2v) is 6.08. The van der Waals surface area contributed by atoms with Gasteiger partial charge in [0.05, 0.1) is 0 Å². The number of piperidine rings is 1. The van der Waals surface area contributed by atoms with Crippen molar-refractivity contribution in [2.45, 2.75) is 44.3 Å². The van der Waals surface area contributed by atoms with Gasteiger partial charge in [-0.2, -0.15) is 0 Å². The zero-order chi connectivity index (χ0) is 12.4. The molecular weight excluding hydrogens is 244 g/mol. The van der Waals surface area contributed by atoms with Crippen molar-refractivity contribution in [2.24, 2.45) is 0 Å². The summed E-state index contributed by atoms with van der Waals surface area (Å²) in [6, 6.07) is 9.76. The molecule has 2 nitrogen and oxygen atoms in total. The number of hydrogen-bond donors (Lipinski definition) is 1. The molecule has 3 rings (SSSR count). The highest BCUT2D eigenvalue weighted by Crippen LogP contribution is 2.22. The molecule has 18 heavy (non-hydrogen) atoms. The SMILES string of the molecule is Clc1cccc(CN2CCCC(NC3CC3)C2)c1. The molecule has 1 aliphatic carbocycles. The minimum absolute atomic E-state index is 0.699. The highest BCUT2D eigenvalue weighted by molar-refractivity contribution is 6.30. The van der Waals surface area contributed by atoms with E-state index in [1.54, 1.807) is 0 Å². The summed E-state index contributed by atoms with van der Waals surface area (Å²) in [5.74, 6) is 0. The number of benzene rings is 1. The molecule has 1 aliphatic heterocycles. The summed E-state index contributed by atoms with van der Waals surface area (Å²) in [5.41, 5.74) is 1.33. The summed E-state index contributed by atoms with van der Waals surface area (Å²) < 4.78 is 0. The zero-order valence-electron chi connectivity index (χ0n) is 10.7. The van der Waals surface area contributed by atoms with Crippen LogP contribution in [0.25, 0.3) is 0 Å². The molecule has 1 heterocycles. The third-order valence-corrected chi connectivity index (χ3v) is 4.08. The van der Waals surface area contributed by atoms with E-state index in [0.29, 0.717) is 6.04 Å². The molecule has 1 saturated heterocycles. The van der Waals surface area contributed by atoms with Gasteiger partial charge in [-0.25, -0.2) is 0 Å². The lowest BCUT2D eigenvalue weighted by atomic mass is 10.0. The van der Waals surface area contributed by atoms with Crippen LogP contribution in [0.4, 0.5) is 0 Å². The molecule has 2 aliphatic rings. The molecule has 1 unspecified atom stereocenters. The molecule has 1 aromatic rings. The van der Waals surface area contributed by atoms with E-state index < -0.39 is 0 Å². The lowest BCUT2D eigenvalue weighted by Gasteiger charge is -2.33. The first-order valence-electron chi connectivity index (χ1n) is 7.02. The fourth-order valence-electron chi connectivity index (χ4n) is 2.81. The summed E-state index contributed by atoms with van der Waals surface area (Å²) in [6.07, 6.45) is 5.41. The lowest BCUT2D eigenvalue weighted by molar-refractivity contribution is 0.182. The van der Waals surface area contributed by atoms with Crippen LogP contribution in [0.15, 0.2) is 24.3 Å². The van der Waals surface area contributed by atoms with Gasteiger partial charge in [-0.15, -0.1) is 0 Å². The number of nitrogens with zero attached hydrogens (tertiary/aromatic N) is 1. The van der Waals surface area contributed by atoms with Gasteiger partial charge in [-0.05, 0) is 49.9 Å². The van der Waals surface area contributed by atoms with Gasteiger partial charge in [-0.1, -0.05) is 23.7 Å². The maximum absolute atomic E-state index is 6.04. The molecule has 0 radical (unpaired) electrons. The summed E-state index contributed by atoms with van der Waals surface area (Å²) in [6.45, 7) is 3.43. The Kier molecular flexibility index (Phi) is 3.88. The first-order valence-corrected chi connectivity index (χ1v) is 7.40. The van der Waals surface area contributed by atoms with Gasteiger partial charge in [0.2, 0.25) is 0 Å². The van der Waals surface area contributed by atoms with Gasteiger partial charge in [0.25, 0.3) is 0 Å². The molecule has 1 atom stereocenters. The van der Waals surface area contributed by atoms with Gasteiger partial charge in [0.15, 0.2) is 0 Å². The number of likely N-dealkylation sites (tertiary alicyclic amines) is 1. The van der Waals surface area contributed by atoms with Crippen LogP contribution in [0.2, 0.25) is 5.02 Å². The third-order valence-electron chi connectivity index (χ3n) is 3.85. The molecule has 3 heteroatoms. The number of nitrogens with one attached hydrogen (secondary N) is 1. The Balaban J connectivity index is 1.55. The minimum Gasteiger partial charge on any atom is -0.310 e. The Morgan fingerprint density at radius 2 is 2.11 bits per heavy atom. The molecular formula is C15H21ClN2. The number of rotatable bonds is 4. The second-order valence-electron chi connectivity index (χ2n) is 5.65. The average Bonchev–Trinajstić information content (AvgIpc) is 3.13. The van der Waals surface area contributed by atoms with Crippen molar-refractivity contribution < 1.29 is 0 Å². The van der Waals surface area contributed by atoms with Crippen LogP contribution in [-0.4, -0.2) is 30.1 Å². The van der Waals surface area contributed by atoms with Crippen molar-refractivity contribution in [1.29, 1.82) is 0 Å². The molecule has 0 bridgehead atoms. The van der Waals surface area contributed by atoms with Crippen LogP contribution >= 0.6 is 11.6 Å². The molecule has 0 aromatic heterocycles. The summed E-state index contributed by atoms with van der Waals surface area (Å²) in [4.78, 5) is 2.55. The van der Waals surface area contributed by atoms with Crippen molar-refractivity contribution in [3.8, 4) is 0 Å². The Morgan fingerprint density at radius 1 is 1.22 bits per heavy atom. The van der Waals surface area contributed by atoms with Crippen LogP contribution in [0.3, 0.4) is 0 Å². The van der Waals surface area contributed by atoms with Crippen molar-refractivity contribution in [2.75, 3.05) is 13.1 Å². The molecule has 0 spiro atoms. The van der Waals surface area contributed by atoms with Gasteiger partial charge >= 0.3 is 0 Å². The monoisotopic (exact) mass is 264 g/mol. The van der Waals surface area contributed by atoms with E-state index in [-0.39, 0.29) is 0 Å². The highest BCUT2D eigenvalue weighted by atomic mass is 35.5. The van der Waals surface area contributed by atoms with Crippen molar-refractivity contribution in [3.63, 3.8) is 0 Å². The standard InChI is InChI=1S/C15H21ClN2/c16-13-4-1-3-12(9-13)10-18-8-2-5-15(11-18)17-14-6-7-14/h1,3-4,9,14-15,17H,2,5-8,10-11H2.